The molecule has 17 heavy (non-hydrogen) atoms. The molecule has 1 aliphatic rings. The van der Waals surface area contributed by atoms with Crippen molar-refractivity contribution in [1.82, 2.24) is 0 Å². The first-order chi connectivity index (χ1) is 7.70. The van der Waals surface area contributed by atoms with Crippen LogP contribution < -0.4 is 0 Å². The third-order valence-electron chi connectivity index (χ3n) is 1.71. The maximum Gasteiger partial charge on any atom is 0.400 e. The van der Waals surface area contributed by atoms with Crippen LogP contribution in [0.25, 0.3) is 0 Å². The normalized spacial score (nSPS) is 24.3. The average molecular weight is 296 g/mol. The maximum atomic E-state index is 11.7. The third-order valence-corrected chi connectivity index (χ3v) is 3.86. The largest absolute Gasteiger partial charge is 0.400 e. The Bertz CT molecular complexity index is 443. The summed E-state index contributed by atoms with van der Waals surface area (Å²) in [5, 5.41) is 0. The first-order valence-corrected chi connectivity index (χ1v) is 7.34. The Morgan fingerprint density at radius 1 is 1.35 bits per heavy atom. The lowest BCUT2D eigenvalue weighted by Gasteiger charge is -2.08. The molecule has 1 rings (SSSR count). The van der Waals surface area contributed by atoms with E-state index in [1.807, 2.05) is 0 Å². The molecule has 7 nitrogen and oxygen atoms in total. The van der Waals surface area contributed by atoms with Crippen LogP contribution in [0.5, 0.6) is 0 Å². The molecule has 0 spiro atoms. The molecule has 0 aliphatic carbocycles. The minimum atomic E-state index is -4.56. The van der Waals surface area contributed by atoms with E-state index in [1.54, 1.807) is 0 Å². The average Bonchev–Trinajstić information content (AvgIpc) is 2.53. The lowest BCUT2D eigenvalue weighted by atomic mass is 10.3. The van der Waals surface area contributed by atoms with Crippen LogP contribution in [0, 0.1) is 0 Å². The van der Waals surface area contributed by atoms with Gasteiger partial charge in [-0.1, -0.05) is 0 Å². The van der Waals surface area contributed by atoms with Crippen LogP contribution >= 0.6 is 0 Å². The minimum Gasteiger partial charge on any atom is -0.264 e. The second-order valence-corrected chi connectivity index (χ2v) is 6.14. The van der Waals surface area contributed by atoms with Crippen molar-refractivity contribution in [1.29, 1.82) is 0 Å². The van der Waals surface area contributed by atoms with E-state index < -0.39 is 46.3 Å². The van der Waals surface area contributed by atoms with Crippen molar-refractivity contribution in [2.45, 2.75) is 19.0 Å². The summed E-state index contributed by atoms with van der Waals surface area (Å²) in [5.74, 6) is -0.237. The van der Waals surface area contributed by atoms with Gasteiger partial charge in [-0.25, -0.2) is 17.1 Å². The van der Waals surface area contributed by atoms with Gasteiger partial charge in [0.1, 0.15) is 12.7 Å². The fourth-order valence-corrected chi connectivity index (χ4v) is 2.89. The molecule has 1 fully saturated rings. The van der Waals surface area contributed by atoms with E-state index in [0.717, 1.165) is 0 Å². The van der Waals surface area contributed by atoms with Gasteiger partial charge in [0.05, 0.1) is 12.4 Å². The molecule has 1 heterocycles. The monoisotopic (exact) mass is 296 g/mol. The fraction of sp³-hybridized carbons (Fsp3) is 1.00. The molecular formula is C6H10F2O7S2. The second-order valence-electron chi connectivity index (χ2n) is 3.14. The van der Waals surface area contributed by atoms with Gasteiger partial charge in [0, 0.05) is 0 Å². The fourth-order valence-electron chi connectivity index (χ4n) is 1.02. The van der Waals surface area contributed by atoms with Gasteiger partial charge in [0.15, 0.2) is 0 Å². The summed E-state index contributed by atoms with van der Waals surface area (Å²) < 4.78 is 79.1. The van der Waals surface area contributed by atoms with Crippen LogP contribution in [-0.2, 0) is 33.1 Å². The van der Waals surface area contributed by atoms with Gasteiger partial charge in [0.2, 0.25) is 0 Å². The highest BCUT2D eigenvalue weighted by atomic mass is 32.3. The topological polar surface area (TPSA) is 96.0 Å². The Balaban J connectivity index is 2.35. The summed E-state index contributed by atoms with van der Waals surface area (Å²) in [5.41, 5.74) is 0. The molecule has 1 aliphatic heterocycles. The van der Waals surface area contributed by atoms with Crippen LogP contribution in [0.2, 0.25) is 0 Å². The second kappa shape index (κ2) is 5.52. The van der Waals surface area contributed by atoms with E-state index in [2.05, 4.69) is 12.5 Å². The molecule has 1 atom stereocenters. The Hall–Kier alpha value is -0.360. The summed E-state index contributed by atoms with van der Waals surface area (Å²) in [6, 6.07) is 0. The Labute approximate surface area is 97.1 Å². The SMILES string of the molecule is O=S1(=O)CCC(COS(=O)(=O)OCC(F)F)O1. The molecular weight excluding hydrogens is 286 g/mol. The molecule has 0 aromatic rings. The highest BCUT2D eigenvalue weighted by Gasteiger charge is 2.30. The molecule has 0 aromatic carbocycles. The molecule has 0 amide bonds. The first-order valence-electron chi connectivity index (χ1n) is 4.43. The molecule has 11 heteroatoms. The van der Waals surface area contributed by atoms with Gasteiger partial charge in [0.25, 0.3) is 16.5 Å². The van der Waals surface area contributed by atoms with Gasteiger partial charge < -0.3 is 0 Å². The molecule has 0 bridgehead atoms. The van der Waals surface area contributed by atoms with E-state index in [0.29, 0.717) is 0 Å². The predicted molar refractivity (Wildman–Crippen MR) is 50.1 cm³/mol. The molecule has 1 saturated heterocycles. The van der Waals surface area contributed by atoms with E-state index in [4.69, 9.17) is 0 Å². The van der Waals surface area contributed by atoms with Crippen molar-refractivity contribution in [3.8, 4) is 0 Å². The van der Waals surface area contributed by atoms with Crippen molar-refractivity contribution in [3.63, 3.8) is 0 Å². The molecule has 0 radical (unpaired) electrons. The smallest absolute Gasteiger partial charge is 0.264 e. The van der Waals surface area contributed by atoms with Gasteiger partial charge in [-0.2, -0.15) is 16.8 Å². The zero-order valence-electron chi connectivity index (χ0n) is 8.41. The summed E-state index contributed by atoms with van der Waals surface area (Å²) in [7, 11) is -8.18. The van der Waals surface area contributed by atoms with Crippen LogP contribution in [0.4, 0.5) is 8.78 Å². The first kappa shape index (κ1) is 14.7. The van der Waals surface area contributed by atoms with Crippen molar-refractivity contribution in [2.75, 3.05) is 19.0 Å². The standard InChI is InChI=1S/C6H10F2O7S2/c7-6(8)4-14-17(11,12)13-3-5-1-2-16(9,10)15-5/h5-6H,1-4H2. The van der Waals surface area contributed by atoms with E-state index in [1.165, 1.54) is 0 Å². The van der Waals surface area contributed by atoms with Gasteiger partial charge in [-0.3, -0.25) is 4.18 Å². The number of hydrogen-bond acceptors (Lipinski definition) is 7. The summed E-state index contributed by atoms with van der Waals surface area (Å²) >= 11 is 0. The summed E-state index contributed by atoms with van der Waals surface area (Å²) in [6.07, 6.45) is -3.81. The Morgan fingerprint density at radius 3 is 2.47 bits per heavy atom. The molecule has 0 N–H and O–H groups in total. The zero-order valence-corrected chi connectivity index (χ0v) is 10.0. The number of halogens is 2. The van der Waals surface area contributed by atoms with Crippen LogP contribution in [-0.4, -0.2) is 48.3 Å². The van der Waals surface area contributed by atoms with Gasteiger partial charge in [-0.05, 0) is 6.42 Å². The number of alkyl halides is 2. The van der Waals surface area contributed by atoms with E-state index in [9.17, 15) is 25.6 Å². The van der Waals surface area contributed by atoms with Crippen molar-refractivity contribution >= 4 is 20.5 Å². The number of rotatable bonds is 6. The maximum absolute atomic E-state index is 11.7. The molecule has 0 aromatic heterocycles. The summed E-state index contributed by atoms with van der Waals surface area (Å²) in [6.45, 7) is -1.91. The van der Waals surface area contributed by atoms with Gasteiger partial charge in [-0.15, -0.1) is 0 Å². The Morgan fingerprint density at radius 2 is 2.00 bits per heavy atom. The molecule has 0 saturated carbocycles. The zero-order chi connectivity index (χ0) is 13.1. The predicted octanol–water partition coefficient (Wildman–Crippen LogP) is -0.352. The van der Waals surface area contributed by atoms with Crippen LogP contribution in [0.3, 0.4) is 0 Å². The van der Waals surface area contributed by atoms with Crippen molar-refractivity contribution in [3.05, 3.63) is 0 Å². The van der Waals surface area contributed by atoms with E-state index >= 15 is 0 Å². The van der Waals surface area contributed by atoms with E-state index in [-0.39, 0.29) is 12.2 Å². The van der Waals surface area contributed by atoms with Crippen LogP contribution in [0.15, 0.2) is 0 Å². The van der Waals surface area contributed by atoms with Gasteiger partial charge >= 0.3 is 10.4 Å². The highest BCUT2D eigenvalue weighted by molar-refractivity contribution is 7.86. The quantitative estimate of drug-likeness (QED) is 0.618. The number of hydrogen-bond donors (Lipinski definition) is 0. The van der Waals surface area contributed by atoms with Crippen LogP contribution in [0.1, 0.15) is 6.42 Å². The lowest BCUT2D eigenvalue weighted by molar-refractivity contribution is 0.0670. The Kier molecular flexibility index (Phi) is 4.77. The minimum absolute atomic E-state index is 0.0761. The van der Waals surface area contributed by atoms with Crippen molar-refractivity contribution < 1.29 is 38.2 Å². The lowest BCUT2D eigenvalue weighted by Crippen LogP contribution is -2.21. The van der Waals surface area contributed by atoms with Crippen molar-refractivity contribution in [2.24, 2.45) is 0 Å². The highest BCUT2D eigenvalue weighted by Crippen LogP contribution is 2.17. The molecule has 102 valence electrons. The molecule has 1 unspecified atom stereocenters. The summed E-state index contributed by atoms with van der Waals surface area (Å²) in [4.78, 5) is 0. The third kappa shape index (κ3) is 5.68.